The van der Waals surface area contributed by atoms with Gasteiger partial charge in [-0.3, -0.25) is 0 Å². The summed E-state index contributed by atoms with van der Waals surface area (Å²) in [5.74, 6) is 0.635. The Morgan fingerprint density at radius 1 is 1.00 bits per heavy atom. The van der Waals surface area contributed by atoms with E-state index in [9.17, 15) is 10.0 Å². The average Bonchev–Trinajstić information content (AvgIpc) is 3.10. The van der Waals surface area contributed by atoms with Gasteiger partial charge in [0.2, 0.25) is 0 Å². The maximum absolute atomic E-state index is 9.75. The number of thiazole rings is 1. The number of nitrogens with zero attached hydrogens (tertiary/aromatic N) is 1. The predicted octanol–water partition coefficient (Wildman–Crippen LogP) is 3.88. The van der Waals surface area contributed by atoms with Crippen molar-refractivity contribution in [3.63, 3.8) is 0 Å². The van der Waals surface area contributed by atoms with Crippen molar-refractivity contribution < 1.29 is 14.8 Å². The van der Waals surface area contributed by atoms with Crippen LogP contribution in [0.1, 0.15) is 5.56 Å². The highest BCUT2D eigenvalue weighted by atomic mass is 35.5. The van der Waals surface area contributed by atoms with Crippen LogP contribution in [0.4, 0.5) is 0 Å². The van der Waals surface area contributed by atoms with E-state index < -0.39 is 7.12 Å². The molecule has 0 spiro atoms. The number of aromatic nitrogens is 1. The van der Waals surface area contributed by atoms with Gasteiger partial charge in [0.25, 0.3) is 0 Å². The molecule has 0 aliphatic carbocycles. The molecule has 0 bridgehead atoms. The number of ether oxygens (including phenoxy) is 1. The summed E-state index contributed by atoms with van der Waals surface area (Å²) < 4.78 is 6.81. The van der Waals surface area contributed by atoms with Crippen molar-refractivity contribution >= 4 is 45.7 Å². The second-order valence-corrected chi connectivity index (χ2v) is 7.50. The van der Waals surface area contributed by atoms with E-state index in [-0.39, 0.29) is 0 Å². The van der Waals surface area contributed by atoms with Crippen LogP contribution in [-0.4, -0.2) is 22.2 Å². The molecule has 0 aliphatic rings. The van der Waals surface area contributed by atoms with Gasteiger partial charge in [-0.2, -0.15) is 0 Å². The van der Waals surface area contributed by atoms with Crippen molar-refractivity contribution in [3.05, 3.63) is 77.3 Å². The van der Waals surface area contributed by atoms with Gasteiger partial charge in [-0.25, -0.2) is 4.98 Å². The molecule has 0 aliphatic heterocycles. The van der Waals surface area contributed by atoms with Gasteiger partial charge in [0, 0.05) is 10.6 Å². The van der Waals surface area contributed by atoms with Gasteiger partial charge in [-0.05, 0) is 41.4 Å². The van der Waals surface area contributed by atoms with Gasteiger partial charge in [-0.15, -0.1) is 11.3 Å². The van der Waals surface area contributed by atoms with Crippen molar-refractivity contribution in [2.24, 2.45) is 0 Å². The van der Waals surface area contributed by atoms with Crippen LogP contribution in [0, 0.1) is 0 Å². The molecule has 0 saturated heterocycles. The first kappa shape index (κ1) is 18.0. The Morgan fingerprint density at radius 3 is 2.59 bits per heavy atom. The normalized spacial score (nSPS) is 10.9. The highest BCUT2D eigenvalue weighted by molar-refractivity contribution is 7.21. The van der Waals surface area contributed by atoms with E-state index in [1.54, 1.807) is 24.3 Å². The van der Waals surface area contributed by atoms with Crippen molar-refractivity contribution in [1.82, 2.24) is 4.98 Å². The Kier molecular flexibility index (Phi) is 5.14. The van der Waals surface area contributed by atoms with Crippen LogP contribution in [0.5, 0.6) is 5.75 Å². The largest absolute Gasteiger partial charge is 0.489 e. The first-order valence-electron chi connectivity index (χ1n) is 8.33. The lowest BCUT2D eigenvalue weighted by atomic mass is 9.77. The van der Waals surface area contributed by atoms with Crippen molar-refractivity contribution in [1.29, 1.82) is 0 Å². The van der Waals surface area contributed by atoms with Crippen LogP contribution in [0.2, 0.25) is 5.02 Å². The van der Waals surface area contributed by atoms with Gasteiger partial charge in [-0.1, -0.05) is 48.0 Å². The van der Waals surface area contributed by atoms with Gasteiger partial charge in [0.05, 0.1) is 10.2 Å². The summed E-state index contributed by atoms with van der Waals surface area (Å²) in [6.07, 6.45) is 0. The van der Waals surface area contributed by atoms with Crippen LogP contribution in [0.3, 0.4) is 0 Å². The van der Waals surface area contributed by atoms with Crippen LogP contribution >= 0.6 is 22.9 Å². The maximum atomic E-state index is 9.75. The number of hydrogen-bond acceptors (Lipinski definition) is 5. The summed E-state index contributed by atoms with van der Waals surface area (Å²) in [7, 11) is -1.60. The van der Waals surface area contributed by atoms with Crippen molar-refractivity contribution in [2.75, 3.05) is 0 Å². The van der Waals surface area contributed by atoms with Gasteiger partial charge < -0.3 is 14.8 Å². The molecule has 27 heavy (non-hydrogen) atoms. The fraction of sp³-hybridized carbons (Fsp3) is 0.0500. The summed E-state index contributed by atoms with van der Waals surface area (Å²) in [5.41, 5.74) is 2.88. The van der Waals surface area contributed by atoms with E-state index in [0.717, 1.165) is 15.8 Å². The monoisotopic (exact) mass is 395 g/mol. The molecule has 4 rings (SSSR count). The molecule has 134 valence electrons. The third-order valence-corrected chi connectivity index (χ3v) is 5.42. The number of fused-ring (bicyclic) bond motifs is 1. The number of rotatable bonds is 5. The highest BCUT2D eigenvalue weighted by Crippen LogP contribution is 2.32. The van der Waals surface area contributed by atoms with Crippen LogP contribution in [0.25, 0.3) is 20.8 Å². The van der Waals surface area contributed by atoms with Gasteiger partial charge >= 0.3 is 7.12 Å². The first-order chi connectivity index (χ1) is 13.1. The molecule has 2 N–H and O–H groups in total. The Hall–Kier alpha value is -2.38. The molecule has 0 saturated carbocycles. The molecule has 4 aromatic rings. The molecular formula is C20H15BClNO3S. The lowest BCUT2D eigenvalue weighted by Gasteiger charge is -2.11. The molecule has 7 heteroatoms. The molecule has 0 atom stereocenters. The minimum atomic E-state index is -1.60. The summed E-state index contributed by atoms with van der Waals surface area (Å²) in [6, 6.07) is 20.5. The topological polar surface area (TPSA) is 62.6 Å². The Labute approximate surface area is 165 Å². The minimum Gasteiger partial charge on any atom is -0.489 e. The van der Waals surface area contributed by atoms with Crippen LogP contribution in [-0.2, 0) is 6.61 Å². The SMILES string of the molecule is OB(O)c1ccc(OCc2ccccc2)cc1-c1nc2ccc(Cl)cc2s1. The molecule has 3 aromatic carbocycles. The summed E-state index contributed by atoms with van der Waals surface area (Å²) >= 11 is 7.51. The van der Waals surface area contributed by atoms with E-state index in [4.69, 9.17) is 16.3 Å². The zero-order valence-electron chi connectivity index (χ0n) is 14.2. The minimum absolute atomic E-state index is 0.382. The molecule has 4 nitrogen and oxygen atoms in total. The number of benzene rings is 3. The maximum Gasteiger partial charge on any atom is 0.489 e. The number of halogens is 1. The van der Waals surface area contributed by atoms with E-state index >= 15 is 0 Å². The summed E-state index contributed by atoms with van der Waals surface area (Å²) in [4.78, 5) is 4.61. The fourth-order valence-electron chi connectivity index (χ4n) is 2.79. The standard InChI is InChI=1S/C20H15BClNO3S/c22-14-6-9-18-19(10-14)27-20(23-18)16-11-15(7-8-17(16)21(24)25)26-12-13-4-2-1-3-5-13/h1-11,24-25H,12H2. The third-order valence-electron chi connectivity index (χ3n) is 4.13. The smallest absolute Gasteiger partial charge is 0.489 e. The van der Waals surface area contributed by atoms with Gasteiger partial charge in [0.1, 0.15) is 17.4 Å². The molecule has 1 heterocycles. The van der Waals surface area contributed by atoms with E-state index in [1.807, 2.05) is 42.5 Å². The third kappa shape index (κ3) is 3.99. The van der Waals surface area contributed by atoms with E-state index in [2.05, 4.69) is 4.98 Å². The molecule has 0 unspecified atom stereocenters. The summed E-state index contributed by atoms with van der Waals surface area (Å²) in [5, 5.41) is 20.8. The fourth-order valence-corrected chi connectivity index (χ4v) is 4.07. The Morgan fingerprint density at radius 2 is 1.81 bits per heavy atom. The Bertz CT molecular complexity index is 1090. The lowest BCUT2D eigenvalue weighted by Crippen LogP contribution is -2.31. The van der Waals surface area contributed by atoms with Crippen molar-refractivity contribution in [2.45, 2.75) is 6.61 Å². The second-order valence-electron chi connectivity index (χ2n) is 6.03. The van der Waals surface area contributed by atoms with E-state index in [1.165, 1.54) is 11.3 Å². The molecule has 1 aromatic heterocycles. The van der Waals surface area contributed by atoms with Crippen molar-refractivity contribution in [3.8, 4) is 16.3 Å². The lowest BCUT2D eigenvalue weighted by molar-refractivity contribution is 0.306. The number of hydrogen-bond donors (Lipinski definition) is 2. The molecule has 0 fully saturated rings. The summed E-state index contributed by atoms with van der Waals surface area (Å²) in [6.45, 7) is 0.427. The predicted molar refractivity (Wildman–Crippen MR) is 111 cm³/mol. The Balaban J connectivity index is 1.70. The van der Waals surface area contributed by atoms with Crippen LogP contribution < -0.4 is 10.2 Å². The molecule has 0 amide bonds. The van der Waals surface area contributed by atoms with E-state index in [0.29, 0.717) is 33.4 Å². The average molecular weight is 396 g/mol. The molecule has 0 radical (unpaired) electrons. The highest BCUT2D eigenvalue weighted by Gasteiger charge is 2.20. The zero-order chi connectivity index (χ0) is 18.8. The zero-order valence-corrected chi connectivity index (χ0v) is 15.7. The van der Waals surface area contributed by atoms with Gasteiger partial charge in [0.15, 0.2) is 0 Å². The second kappa shape index (κ2) is 7.70. The quantitative estimate of drug-likeness (QED) is 0.504. The molecular weight excluding hydrogens is 381 g/mol. The first-order valence-corrected chi connectivity index (χ1v) is 9.53. The van der Waals surface area contributed by atoms with Crippen LogP contribution in [0.15, 0.2) is 66.7 Å².